The molecule has 2 N–H and O–H groups in total. The van der Waals surface area contributed by atoms with E-state index < -0.39 is 11.9 Å². The zero-order chi connectivity index (χ0) is 17.0. The van der Waals surface area contributed by atoms with Crippen LogP contribution in [0.15, 0.2) is 18.2 Å². The summed E-state index contributed by atoms with van der Waals surface area (Å²) in [5.41, 5.74) is 0.407. The smallest absolute Gasteiger partial charge is 0.318 e. The van der Waals surface area contributed by atoms with E-state index in [4.69, 9.17) is 21.4 Å². The summed E-state index contributed by atoms with van der Waals surface area (Å²) in [5, 5.41) is 12.3. The number of halogens is 2. The minimum Gasteiger partial charge on any atom is -0.394 e. The van der Waals surface area contributed by atoms with E-state index >= 15 is 0 Å². The number of carbonyl (C=O) groups is 1. The van der Waals surface area contributed by atoms with E-state index in [1.54, 1.807) is 17.0 Å². The monoisotopic (exact) mass is 344 g/mol. The number of morpholine rings is 1. The molecule has 128 valence electrons. The summed E-state index contributed by atoms with van der Waals surface area (Å²) in [5.74, 6) is -0.434. The summed E-state index contributed by atoms with van der Waals surface area (Å²) in [6.45, 7) is 4.82. The maximum atomic E-state index is 14.2. The van der Waals surface area contributed by atoms with E-state index in [0.717, 1.165) is 0 Å². The average molecular weight is 345 g/mol. The molecule has 0 saturated carbocycles. The number of nitrogens with zero attached hydrogens (tertiary/aromatic N) is 1. The molecule has 2 rings (SSSR count). The van der Waals surface area contributed by atoms with Gasteiger partial charge in [-0.25, -0.2) is 9.18 Å². The van der Waals surface area contributed by atoms with Crippen molar-refractivity contribution < 1.29 is 19.0 Å². The number of hydrogen-bond donors (Lipinski definition) is 2. The van der Waals surface area contributed by atoms with Gasteiger partial charge in [0.1, 0.15) is 5.82 Å². The van der Waals surface area contributed by atoms with Crippen molar-refractivity contribution in [3.8, 4) is 0 Å². The van der Waals surface area contributed by atoms with Crippen LogP contribution in [-0.2, 0) is 4.74 Å². The molecule has 1 heterocycles. The van der Waals surface area contributed by atoms with Gasteiger partial charge in [-0.3, -0.25) is 0 Å². The zero-order valence-electron chi connectivity index (χ0n) is 13.3. The number of amides is 2. The first-order chi connectivity index (χ1) is 10.9. The van der Waals surface area contributed by atoms with Crippen LogP contribution in [0, 0.1) is 11.7 Å². The number of hydrogen-bond acceptors (Lipinski definition) is 3. The molecule has 23 heavy (non-hydrogen) atoms. The molecular formula is C16H22ClFN2O3. The number of ether oxygens (including phenoxy) is 1. The predicted octanol–water partition coefficient (Wildman–Crippen LogP) is 2.58. The summed E-state index contributed by atoms with van der Waals surface area (Å²) in [6, 6.07) is 3.70. The zero-order valence-corrected chi connectivity index (χ0v) is 14.0. The van der Waals surface area contributed by atoms with Crippen molar-refractivity contribution in [2.75, 3.05) is 26.3 Å². The first-order valence-electron chi connectivity index (χ1n) is 7.65. The molecule has 0 aliphatic carbocycles. The summed E-state index contributed by atoms with van der Waals surface area (Å²) < 4.78 is 19.5. The minimum atomic E-state index is -0.463. The quantitative estimate of drug-likeness (QED) is 0.882. The lowest BCUT2D eigenvalue weighted by molar-refractivity contribution is -0.0406. The van der Waals surface area contributed by atoms with Crippen molar-refractivity contribution in [2.45, 2.75) is 26.0 Å². The van der Waals surface area contributed by atoms with Gasteiger partial charge in [0, 0.05) is 17.1 Å². The fourth-order valence-corrected chi connectivity index (χ4v) is 2.75. The van der Waals surface area contributed by atoms with Crippen molar-refractivity contribution in [3.05, 3.63) is 34.6 Å². The van der Waals surface area contributed by atoms with Gasteiger partial charge in [-0.2, -0.15) is 0 Å². The van der Waals surface area contributed by atoms with Crippen LogP contribution in [0.3, 0.4) is 0 Å². The van der Waals surface area contributed by atoms with Crippen molar-refractivity contribution in [3.63, 3.8) is 0 Å². The third kappa shape index (κ3) is 4.56. The van der Waals surface area contributed by atoms with Crippen LogP contribution in [-0.4, -0.2) is 48.4 Å². The summed E-state index contributed by atoms with van der Waals surface area (Å²) >= 11 is 5.79. The van der Waals surface area contributed by atoms with Gasteiger partial charge in [0.2, 0.25) is 0 Å². The van der Waals surface area contributed by atoms with Crippen LogP contribution in [0.25, 0.3) is 0 Å². The Bertz CT molecular complexity index is 556. The molecule has 2 atom stereocenters. The van der Waals surface area contributed by atoms with Crippen LogP contribution >= 0.6 is 11.6 Å². The number of nitrogens with one attached hydrogen (secondary N) is 1. The van der Waals surface area contributed by atoms with Gasteiger partial charge in [0.15, 0.2) is 0 Å². The molecule has 0 spiro atoms. The Kier molecular flexibility index (Phi) is 6.21. The second-order valence-corrected chi connectivity index (χ2v) is 6.39. The van der Waals surface area contributed by atoms with Gasteiger partial charge in [-0.05, 0) is 18.1 Å². The number of urea groups is 1. The highest BCUT2D eigenvalue weighted by Gasteiger charge is 2.27. The van der Waals surface area contributed by atoms with E-state index in [9.17, 15) is 9.18 Å². The van der Waals surface area contributed by atoms with Crippen molar-refractivity contribution in [1.82, 2.24) is 10.2 Å². The highest BCUT2D eigenvalue weighted by atomic mass is 35.5. The standard InChI is InChI=1S/C16H22ClFN2O3/c1-10(2)15(13-4-3-11(17)7-14(13)18)19-16(22)20-5-6-23-12(8-20)9-21/h3-4,7,10,12,15,21H,5-6,8-9H2,1-2H3,(H,19,22)/t12-,15+/m0/s1. The molecule has 2 amide bonds. The highest BCUT2D eigenvalue weighted by molar-refractivity contribution is 6.30. The third-order valence-corrected chi connectivity index (χ3v) is 4.11. The van der Waals surface area contributed by atoms with Gasteiger partial charge < -0.3 is 20.1 Å². The topological polar surface area (TPSA) is 61.8 Å². The summed E-state index contributed by atoms with van der Waals surface area (Å²) in [4.78, 5) is 14.0. The van der Waals surface area contributed by atoms with E-state index in [1.807, 2.05) is 13.8 Å². The Morgan fingerprint density at radius 2 is 2.30 bits per heavy atom. The highest BCUT2D eigenvalue weighted by Crippen LogP contribution is 2.26. The Labute approximate surface area is 140 Å². The normalized spacial score (nSPS) is 19.7. The summed E-state index contributed by atoms with van der Waals surface area (Å²) in [7, 11) is 0. The Morgan fingerprint density at radius 1 is 1.57 bits per heavy atom. The van der Waals surface area contributed by atoms with Gasteiger partial charge in [-0.15, -0.1) is 0 Å². The molecule has 0 bridgehead atoms. The maximum Gasteiger partial charge on any atom is 0.318 e. The number of aliphatic hydroxyl groups excluding tert-OH is 1. The lowest BCUT2D eigenvalue weighted by atomic mass is 9.95. The lowest BCUT2D eigenvalue weighted by Crippen LogP contribution is -2.51. The predicted molar refractivity (Wildman–Crippen MR) is 85.9 cm³/mol. The van der Waals surface area contributed by atoms with Crippen molar-refractivity contribution >= 4 is 17.6 Å². The van der Waals surface area contributed by atoms with Crippen LogP contribution in [0.2, 0.25) is 5.02 Å². The molecule has 1 aliphatic heterocycles. The lowest BCUT2D eigenvalue weighted by Gasteiger charge is -2.34. The molecule has 1 fully saturated rings. The second-order valence-electron chi connectivity index (χ2n) is 5.96. The van der Waals surface area contributed by atoms with E-state index in [2.05, 4.69) is 5.32 Å². The Balaban J connectivity index is 2.11. The third-order valence-electron chi connectivity index (χ3n) is 3.87. The fourth-order valence-electron chi connectivity index (χ4n) is 2.60. The van der Waals surface area contributed by atoms with Crippen LogP contribution < -0.4 is 5.32 Å². The molecule has 5 nitrogen and oxygen atoms in total. The van der Waals surface area contributed by atoms with Crippen molar-refractivity contribution in [2.24, 2.45) is 5.92 Å². The molecule has 0 aromatic heterocycles. The van der Waals surface area contributed by atoms with Crippen LogP contribution in [0.4, 0.5) is 9.18 Å². The Hall–Kier alpha value is -1.37. The molecule has 1 aliphatic rings. The molecule has 7 heteroatoms. The van der Waals surface area contributed by atoms with Gasteiger partial charge in [-0.1, -0.05) is 31.5 Å². The van der Waals surface area contributed by atoms with E-state index in [-0.39, 0.29) is 24.7 Å². The fraction of sp³-hybridized carbons (Fsp3) is 0.562. The minimum absolute atomic E-state index is 0.00399. The first-order valence-corrected chi connectivity index (χ1v) is 8.03. The average Bonchev–Trinajstić information content (AvgIpc) is 2.53. The molecule has 0 unspecified atom stereocenters. The van der Waals surface area contributed by atoms with Gasteiger partial charge >= 0.3 is 6.03 Å². The molecule has 1 aromatic rings. The molecular weight excluding hydrogens is 323 g/mol. The number of carbonyl (C=O) groups excluding carboxylic acids is 1. The van der Waals surface area contributed by atoms with E-state index in [0.29, 0.717) is 30.3 Å². The van der Waals surface area contributed by atoms with Gasteiger partial charge in [0.25, 0.3) is 0 Å². The number of rotatable bonds is 4. The first kappa shape index (κ1) is 18.0. The Morgan fingerprint density at radius 3 is 2.91 bits per heavy atom. The maximum absolute atomic E-state index is 14.2. The second kappa shape index (κ2) is 7.95. The molecule has 1 saturated heterocycles. The van der Waals surface area contributed by atoms with Crippen LogP contribution in [0.5, 0.6) is 0 Å². The van der Waals surface area contributed by atoms with Crippen molar-refractivity contribution in [1.29, 1.82) is 0 Å². The summed E-state index contributed by atoms with van der Waals surface area (Å²) in [6.07, 6.45) is -0.376. The number of benzene rings is 1. The number of aliphatic hydroxyl groups is 1. The van der Waals surface area contributed by atoms with E-state index in [1.165, 1.54) is 6.07 Å². The molecule has 0 radical (unpaired) electrons. The SMILES string of the molecule is CC(C)[C@@H](NC(=O)N1CCO[C@H](CO)C1)c1ccc(Cl)cc1F. The largest absolute Gasteiger partial charge is 0.394 e. The van der Waals surface area contributed by atoms with Gasteiger partial charge in [0.05, 0.1) is 31.9 Å². The van der Waals surface area contributed by atoms with Crippen LogP contribution in [0.1, 0.15) is 25.5 Å². The molecule has 1 aromatic carbocycles.